The Morgan fingerprint density at radius 1 is 0.848 bits per heavy atom. The number of rotatable bonds is 12. The molecule has 4 aromatic carbocycles. The van der Waals surface area contributed by atoms with Crippen molar-refractivity contribution in [1.29, 1.82) is 0 Å². The Morgan fingerprint density at radius 3 is 2.17 bits per heavy atom. The first kappa shape index (κ1) is 33.4. The highest BCUT2D eigenvalue weighted by atomic mass is 79.9. The molecular formula is C37H40BrN3O4S. The molecular weight excluding hydrogens is 662 g/mol. The molecule has 0 aromatic heterocycles. The quantitative estimate of drug-likeness (QED) is 0.172. The summed E-state index contributed by atoms with van der Waals surface area (Å²) < 4.78 is 30.1. The van der Waals surface area contributed by atoms with Crippen molar-refractivity contribution < 1.29 is 18.0 Å². The average Bonchev–Trinajstić information content (AvgIpc) is 3.07. The summed E-state index contributed by atoms with van der Waals surface area (Å²) in [6.07, 6.45) is 5.36. The largest absolute Gasteiger partial charge is 0.352 e. The third-order valence-corrected chi connectivity index (χ3v) is 10.8. The Bertz CT molecular complexity index is 1730. The van der Waals surface area contributed by atoms with Gasteiger partial charge in [-0.05, 0) is 66.8 Å². The number of hydrogen-bond donors (Lipinski definition) is 1. The number of amides is 2. The first-order valence-corrected chi connectivity index (χ1v) is 18.0. The van der Waals surface area contributed by atoms with Crippen LogP contribution in [-0.2, 0) is 32.6 Å². The zero-order chi connectivity index (χ0) is 32.5. The Morgan fingerprint density at radius 2 is 1.50 bits per heavy atom. The molecule has 0 spiro atoms. The standard InChI is InChI=1S/C37H40BrN3O4S/c1-28-14-11-12-17-30(28)26-40(35(24-29-15-5-2-6-16-29)37(43)39-32-19-7-3-8-20-32)36(42)27-41(33-21-13-18-31(38)25-33)46(44,45)34-22-9-4-10-23-34/h2,4-6,9-18,21-23,25,32,35H,3,7-8,19-20,24,26-27H2,1H3,(H,39,43)/t35-/m1/s1. The molecule has 1 N–H and O–H groups in total. The number of benzene rings is 4. The number of anilines is 1. The zero-order valence-electron chi connectivity index (χ0n) is 26.0. The summed E-state index contributed by atoms with van der Waals surface area (Å²) in [4.78, 5) is 30.5. The highest BCUT2D eigenvalue weighted by Gasteiger charge is 2.35. The van der Waals surface area contributed by atoms with Gasteiger partial charge in [0.05, 0.1) is 10.6 Å². The summed E-state index contributed by atoms with van der Waals surface area (Å²) in [5.74, 6) is -0.694. The van der Waals surface area contributed by atoms with Crippen molar-refractivity contribution >= 4 is 43.5 Å². The van der Waals surface area contributed by atoms with Crippen LogP contribution in [0.3, 0.4) is 0 Å². The summed E-state index contributed by atoms with van der Waals surface area (Å²) >= 11 is 3.46. The Hall–Kier alpha value is -3.95. The molecule has 240 valence electrons. The predicted molar refractivity (Wildman–Crippen MR) is 186 cm³/mol. The fourth-order valence-electron chi connectivity index (χ4n) is 5.95. The van der Waals surface area contributed by atoms with Gasteiger partial charge in [0.1, 0.15) is 12.6 Å². The molecule has 1 aliphatic rings. The highest BCUT2D eigenvalue weighted by Crippen LogP contribution is 2.28. The molecule has 0 saturated heterocycles. The molecule has 2 amide bonds. The molecule has 1 fully saturated rings. The fraction of sp³-hybridized carbons (Fsp3) is 0.297. The maximum Gasteiger partial charge on any atom is 0.264 e. The van der Waals surface area contributed by atoms with Gasteiger partial charge < -0.3 is 10.2 Å². The molecule has 0 unspecified atom stereocenters. The van der Waals surface area contributed by atoms with Gasteiger partial charge in [0, 0.05) is 23.5 Å². The lowest BCUT2D eigenvalue weighted by molar-refractivity contribution is -0.140. The minimum atomic E-state index is -4.14. The van der Waals surface area contributed by atoms with E-state index in [0.29, 0.717) is 16.6 Å². The Balaban J connectivity index is 1.56. The zero-order valence-corrected chi connectivity index (χ0v) is 28.4. The van der Waals surface area contributed by atoms with E-state index in [1.165, 1.54) is 12.1 Å². The maximum atomic E-state index is 14.7. The summed E-state index contributed by atoms with van der Waals surface area (Å²) in [5.41, 5.74) is 3.12. The van der Waals surface area contributed by atoms with E-state index in [0.717, 1.165) is 53.1 Å². The lowest BCUT2D eigenvalue weighted by Crippen LogP contribution is -2.55. The van der Waals surface area contributed by atoms with Gasteiger partial charge in [-0.3, -0.25) is 13.9 Å². The molecule has 9 heteroatoms. The van der Waals surface area contributed by atoms with E-state index in [2.05, 4.69) is 21.2 Å². The molecule has 46 heavy (non-hydrogen) atoms. The van der Waals surface area contributed by atoms with Gasteiger partial charge in [-0.2, -0.15) is 0 Å². The molecule has 5 rings (SSSR count). The van der Waals surface area contributed by atoms with E-state index in [1.807, 2.05) is 61.5 Å². The van der Waals surface area contributed by atoms with Crippen LogP contribution in [-0.4, -0.2) is 43.8 Å². The smallest absolute Gasteiger partial charge is 0.264 e. The number of halogens is 1. The molecule has 0 radical (unpaired) electrons. The molecule has 1 saturated carbocycles. The number of aryl methyl sites for hydroxylation is 1. The van der Waals surface area contributed by atoms with Gasteiger partial charge in [-0.25, -0.2) is 8.42 Å². The van der Waals surface area contributed by atoms with Crippen LogP contribution < -0.4 is 9.62 Å². The van der Waals surface area contributed by atoms with Crippen molar-refractivity contribution in [3.8, 4) is 0 Å². The van der Waals surface area contributed by atoms with Gasteiger partial charge in [0.2, 0.25) is 11.8 Å². The van der Waals surface area contributed by atoms with E-state index in [9.17, 15) is 18.0 Å². The maximum absolute atomic E-state index is 14.7. The van der Waals surface area contributed by atoms with Crippen LogP contribution >= 0.6 is 15.9 Å². The van der Waals surface area contributed by atoms with Gasteiger partial charge >= 0.3 is 0 Å². The molecule has 0 heterocycles. The van der Waals surface area contributed by atoms with E-state index in [-0.39, 0.29) is 23.4 Å². The second-order valence-electron chi connectivity index (χ2n) is 11.8. The van der Waals surface area contributed by atoms with Crippen LogP contribution in [0.1, 0.15) is 48.8 Å². The molecule has 7 nitrogen and oxygen atoms in total. The summed E-state index contributed by atoms with van der Waals surface area (Å²) in [6.45, 7) is 1.64. The molecule has 1 atom stereocenters. The van der Waals surface area contributed by atoms with E-state index in [4.69, 9.17) is 0 Å². The van der Waals surface area contributed by atoms with Crippen LogP contribution in [0.2, 0.25) is 0 Å². The number of carbonyl (C=O) groups is 2. The van der Waals surface area contributed by atoms with Crippen molar-refractivity contribution in [2.45, 2.75) is 69.0 Å². The number of nitrogens with zero attached hydrogens (tertiary/aromatic N) is 2. The van der Waals surface area contributed by atoms with Crippen LogP contribution in [0.25, 0.3) is 0 Å². The van der Waals surface area contributed by atoms with Crippen LogP contribution in [0.5, 0.6) is 0 Å². The van der Waals surface area contributed by atoms with Crippen molar-refractivity contribution in [3.63, 3.8) is 0 Å². The second kappa shape index (κ2) is 15.6. The Kier molecular flexibility index (Phi) is 11.3. The predicted octanol–water partition coefficient (Wildman–Crippen LogP) is 7.04. The van der Waals surface area contributed by atoms with Crippen molar-refractivity contribution in [3.05, 3.63) is 130 Å². The van der Waals surface area contributed by atoms with Crippen LogP contribution in [0.4, 0.5) is 5.69 Å². The Labute approximate surface area is 280 Å². The first-order chi connectivity index (χ1) is 22.2. The van der Waals surface area contributed by atoms with Gasteiger partial charge in [0.25, 0.3) is 10.0 Å². The SMILES string of the molecule is Cc1ccccc1CN(C(=O)CN(c1cccc(Br)c1)S(=O)(=O)c1ccccc1)[C@H](Cc1ccccc1)C(=O)NC1CCCCC1. The monoisotopic (exact) mass is 701 g/mol. The number of carbonyl (C=O) groups excluding carboxylic acids is 2. The average molecular weight is 703 g/mol. The summed E-state index contributed by atoms with van der Waals surface area (Å²) in [7, 11) is -4.14. The number of sulfonamides is 1. The van der Waals surface area contributed by atoms with E-state index >= 15 is 0 Å². The van der Waals surface area contributed by atoms with E-state index < -0.39 is 28.5 Å². The summed E-state index contributed by atoms with van der Waals surface area (Å²) in [6, 6.07) is 31.6. The third kappa shape index (κ3) is 8.44. The molecule has 0 aliphatic heterocycles. The molecule has 1 aliphatic carbocycles. The van der Waals surface area contributed by atoms with Gasteiger partial charge in [-0.15, -0.1) is 0 Å². The minimum absolute atomic E-state index is 0.0477. The second-order valence-corrected chi connectivity index (χ2v) is 14.6. The third-order valence-electron chi connectivity index (χ3n) is 8.53. The fourth-order valence-corrected chi connectivity index (χ4v) is 7.76. The van der Waals surface area contributed by atoms with Gasteiger partial charge in [-0.1, -0.05) is 114 Å². The lowest BCUT2D eigenvalue weighted by Gasteiger charge is -2.35. The number of nitrogens with one attached hydrogen (secondary N) is 1. The van der Waals surface area contributed by atoms with Crippen molar-refractivity contribution in [2.75, 3.05) is 10.8 Å². The topological polar surface area (TPSA) is 86.8 Å². The van der Waals surface area contributed by atoms with Gasteiger partial charge in [0.15, 0.2) is 0 Å². The van der Waals surface area contributed by atoms with Crippen LogP contribution in [0.15, 0.2) is 119 Å². The first-order valence-electron chi connectivity index (χ1n) is 15.7. The summed E-state index contributed by atoms with van der Waals surface area (Å²) in [5, 5.41) is 3.25. The lowest BCUT2D eigenvalue weighted by atomic mass is 9.94. The highest BCUT2D eigenvalue weighted by molar-refractivity contribution is 9.10. The van der Waals surface area contributed by atoms with Crippen molar-refractivity contribution in [2.24, 2.45) is 0 Å². The number of hydrogen-bond acceptors (Lipinski definition) is 4. The van der Waals surface area contributed by atoms with Crippen LogP contribution in [0, 0.1) is 6.92 Å². The molecule has 4 aromatic rings. The van der Waals surface area contributed by atoms with E-state index in [1.54, 1.807) is 47.4 Å². The molecule has 0 bridgehead atoms. The van der Waals surface area contributed by atoms with Crippen molar-refractivity contribution in [1.82, 2.24) is 10.2 Å². The minimum Gasteiger partial charge on any atom is -0.352 e. The normalized spacial score (nSPS) is 14.3.